The molecule has 1 fully saturated rings. The van der Waals surface area contributed by atoms with Gasteiger partial charge in [0.25, 0.3) is 0 Å². The zero-order chi connectivity index (χ0) is 27.7. The molecule has 0 radical (unpaired) electrons. The predicted octanol–water partition coefficient (Wildman–Crippen LogP) is 5.73. The third kappa shape index (κ3) is 5.51. The van der Waals surface area contributed by atoms with E-state index in [0.29, 0.717) is 39.8 Å². The van der Waals surface area contributed by atoms with E-state index in [2.05, 4.69) is 26.9 Å². The Hall–Kier alpha value is -4.18. The molecule has 1 aliphatic carbocycles. The highest BCUT2D eigenvalue weighted by Gasteiger charge is 2.28. The summed E-state index contributed by atoms with van der Waals surface area (Å²) >= 11 is 6.24. The second-order valence-corrected chi connectivity index (χ2v) is 10.3. The average molecular weight is 549 g/mol. The van der Waals surface area contributed by atoms with Gasteiger partial charge in [0.15, 0.2) is 11.7 Å². The Morgan fingerprint density at radius 2 is 1.90 bits per heavy atom. The van der Waals surface area contributed by atoms with Crippen LogP contribution in [0.4, 0.5) is 9.18 Å². The minimum atomic E-state index is -1.48. The van der Waals surface area contributed by atoms with E-state index in [4.69, 9.17) is 22.4 Å². The van der Waals surface area contributed by atoms with Gasteiger partial charge in [-0.25, -0.2) is 19.2 Å². The van der Waals surface area contributed by atoms with Crippen LogP contribution in [0.1, 0.15) is 54.5 Å². The summed E-state index contributed by atoms with van der Waals surface area (Å²) in [6.45, 7) is 2.70. The molecule has 0 atom stereocenters. The molecular weight excluding hydrogens is 523 g/mol. The predicted molar refractivity (Wildman–Crippen MR) is 145 cm³/mol. The van der Waals surface area contributed by atoms with E-state index in [-0.39, 0.29) is 28.8 Å². The fraction of sp³-hybridized carbons (Fsp3) is 0.286. The molecule has 9 nitrogen and oxygen atoms in total. The van der Waals surface area contributed by atoms with Gasteiger partial charge >= 0.3 is 6.09 Å². The average Bonchev–Trinajstić information content (AvgIpc) is 3.27. The molecule has 0 bridgehead atoms. The largest absolute Gasteiger partial charge is 0.463 e. The molecule has 3 aromatic heterocycles. The van der Waals surface area contributed by atoms with Crippen molar-refractivity contribution in [1.29, 1.82) is 0 Å². The van der Waals surface area contributed by atoms with Gasteiger partial charge in [-0.05, 0) is 48.9 Å². The molecule has 5 rings (SSSR count). The number of carbonyl (C=O) groups excluding carboxylic acids is 1. The summed E-state index contributed by atoms with van der Waals surface area (Å²) < 4.78 is 16.5. The summed E-state index contributed by atoms with van der Waals surface area (Å²) in [5.41, 5.74) is 7.63. The highest BCUT2D eigenvalue weighted by Crippen LogP contribution is 2.34. The number of carbonyl (C=O) groups is 2. The first kappa shape index (κ1) is 26.4. The molecule has 1 aromatic carbocycles. The number of hydrogen-bond acceptors (Lipinski definition) is 5. The number of amides is 1. The Morgan fingerprint density at radius 3 is 2.59 bits per heavy atom. The molecule has 3 N–H and O–H groups in total. The van der Waals surface area contributed by atoms with E-state index in [1.165, 1.54) is 30.5 Å². The van der Waals surface area contributed by atoms with E-state index < -0.39 is 17.7 Å². The molecule has 39 heavy (non-hydrogen) atoms. The minimum Gasteiger partial charge on any atom is -0.463 e. The highest BCUT2D eigenvalue weighted by molar-refractivity contribution is 6.30. The summed E-state index contributed by atoms with van der Waals surface area (Å²) in [4.78, 5) is 41.7. The molecule has 1 amide bonds. The van der Waals surface area contributed by atoms with Crippen LogP contribution in [0, 0.1) is 17.7 Å². The quantitative estimate of drug-likeness (QED) is 0.178. The first-order chi connectivity index (χ1) is 18.7. The number of nitrogens with two attached hydrogens (primary N) is 1. The fourth-order valence-electron chi connectivity index (χ4n) is 5.08. The Bertz CT molecular complexity index is 1610. The highest BCUT2D eigenvalue weighted by atomic mass is 35.5. The zero-order valence-electron chi connectivity index (χ0n) is 21.1. The number of aromatic nitrogens is 4. The van der Waals surface area contributed by atoms with Crippen molar-refractivity contribution in [3.63, 3.8) is 0 Å². The second kappa shape index (κ2) is 10.9. The van der Waals surface area contributed by atoms with Crippen molar-refractivity contribution in [3.8, 4) is 11.3 Å². The number of ketones is 1. The van der Waals surface area contributed by atoms with Crippen LogP contribution in [-0.4, -0.2) is 42.3 Å². The van der Waals surface area contributed by atoms with Crippen LogP contribution in [0.5, 0.6) is 0 Å². The van der Waals surface area contributed by atoms with E-state index in [1.54, 1.807) is 22.9 Å². The van der Waals surface area contributed by atoms with Gasteiger partial charge in [0.05, 0.1) is 27.3 Å². The lowest BCUT2D eigenvalue weighted by molar-refractivity contribution is 0.102. The number of hydrogen-bond donors (Lipinski definition) is 2. The minimum absolute atomic E-state index is 0.0534. The number of carboxylic acid groups (broad SMARTS) is 1. The maximum atomic E-state index is 14.7. The van der Waals surface area contributed by atoms with Crippen molar-refractivity contribution in [2.75, 3.05) is 0 Å². The van der Waals surface area contributed by atoms with Gasteiger partial charge in [0.1, 0.15) is 11.5 Å². The maximum absolute atomic E-state index is 14.7. The number of nitrogens with zero attached hydrogens (tertiary/aromatic N) is 5. The van der Waals surface area contributed by atoms with Gasteiger partial charge in [0, 0.05) is 24.5 Å². The number of aliphatic imine (C=N–C) groups is 1. The number of imidazole rings is 1. The van der Waals surface area contributed by atoms with Crippen LogP contribution in [-0.2, 0) is 6.54 Å². The third-order valence-electron chi connectivity index (χ3n) is 7.08. The number of fused-ring (bicyclic) bond motifs is 1. The lowest BCUT2D eigenvalue weighted by atomic mass is 9.83. The summed E-state index contributed by atoms with van der Waals surface area (Å²) in [6, 6.07) is 8.90. The summed E-state index contributed by atoms with van der Waals surface area (Å²) in [5, 5.41) is 9.49. The molecule has 11 heteroatoms. The van der Waals surface area contributed by atoms with Crippen molar-refractivity contribution in [2.45, 2.75) is 39.2 Å². The van der Waals surface area contributed by atoms with E-state index in [1.807, 2.05) is 0 Å². The fourth-order valence-corrected chi connectivity index (χ4v) is 5.25. The molecule has 1 aliphatic rings. The van der Waals surface area contributed by atoms with Gasteiger partial charge in [-0.1, -0.05) is 43.5 Å². The molecule has 0 spiro atoms. The van der Waals surface area contributed by atoms with Crippen LogP contribution >= 0.6 is 11.6 Å². The number of pyridine rings is 2. The SMILES string of the molecule is CC1CCC(Cn2c(C(=O)c3ccccc3F)nc3cc(C(N)=NC(=O)O)nc(-c4cncc(Cl)c4)c32)CC1. The lowest BCUT2D eigenvalue weighted by Gasteiger charge is -2.27. The monoisotopic (exact) mass is 548 g/mol. The number of halogens is 2. The molecular formula is C28H26ClFN6O3. The van der Waals surface area contributed by atoms with Crippen molar-refractivity contribution < 1.29 is 19.1 Å². The third-order valence-corrected chi connectivity index (χ3v) is 7.29. The first-order valence-electron chi connectivity index (χ1n) is 12.6. The number of amidine groups is 1. The van der Waals surface area contributed by atoms with Gasteiger partial charge in [-0.3, -0.25) is 9.78 Å². The normalized spacial score (nSPS) is 17.9. The lowest BCUT2D eigenvalue weighted by Crippen LogP contribution is -2.21. The van der Waals surface area contributed by atoms with Gasteiger partial charge in [-0.15, -0.1) is 0 Å². The standard InChI is InChI=1S/C28H26ClFN6O3/c1-15-6-8-16(9-7-15)14-36-24-21(34-27(36)25(37)19-4-2-3-5-20(19)30)11-22(26(31)35-28(38)39)33-23(24)17-10-18(29)13-32-12-17/h2-5,10-13,15-16H,6-9,14H2,1H3,(H2,31,35)(H,38,39). The van der Waals surface area contributed by atoms with Crippen molar-refractivity contribution in [2.24, 2.45) is 22.6 Å². The van der Waals surface area contributed by atoms with Crippen molar-refractivity contribution >= 4 is 40.3 Å². The summed E-state index contributed by atoms with van der Waals surface area (Å²) in [6.07, 6.45) is 5.65. The molecule has 200 valence electrons. The zero-order valence-corrected chi connectivity index (χ0v) is 21.9. The van der Waals surface area contributed by atoms with Gasteiger partial charge < -0.3 is 15.4 Å². The molecule has 0 saturated heterocycles. The maximum Gasteiger partial charge on any atom is 0.433 e. The molecule has 0 unspecified atom stereocenters. The van der Waals surface area contributed by atoms with Crippen LogP contribution in [0.15, 0.2) is 53.8 Å². The number of rotatable bonds is 6. The Morgan fingerprint density at radius 1 is 1.15 bits per heavy atom. The summed E-state index contributed by atoms with van der Waals surface area (Å²) in [5.74, 6) is -0.597. The molecule has 4 aromatic rings. The molecule has 1 saturated carbocycles. The van der Waals surface area contributed by atoms with Gasteiger partial charge in [-0.2, -0.15) is 4.99 Å². The van der Waals surface area contributed by atoms with Crippen molar-refractivity contribution in [3.05, 3.63) is 76.7 Å². The van der Waals surface area contributed by atoms with Gasteiger partial charge in [0.2, 0.25) is 5.78 Å². The Labute approximate surface area is 228 Å². The molecule has 3 heterocycles. The van der Waals surface area contributed by atoms with Crippen LogP contribution in [0.3, 0.4) is 0 Å². The molecule has 0 aliphatic heterocycles. The Kier molecular flexibility index (Phi) is 7.38. The van der Waals surface area contributed by atoms with Crippen molar-refractivity contribution in [1.82, 2.24) is 19.5 Å². The van der Waals surface area contributed by atoms with Crippen LogP contribution in [0.25, 0.3) is 22.3 Å². The Balaban J connectivity index is 1.78. The second-order valence-electron chi connectivity index (χ2n) is 9.88. The van der Waals surface area contributed by atoms with E-state index >= 15 is 0 Å². The smallest absolute Gasteiger partial charge is 0.433 e. The van der Waals surface area contributed by atoms with Crippen LogP contribution in [0.2, 0.25) is 5.02 Å². The van der Waals surface area contributed by atoms with E-state index in [0.717, 1.165) is 25.7 Å². The van der Waals surface area contributed by atoms with Crippen LogP contribution < -0.4 is 5.73 Å². The number of benzene rings is 1. The summed E-state index contributed by atoms with van der Waals surface area (Å²) in [7, 11) is 0. The first-order valence-corrected chi connectivity index (χ1v) is 13.0. The van der Waals surface area contributed by atoms with E-state index in [9.17, 15) is 14.0 Å². The topological polar surface area (TPSA) is 136 Å².